The van der Waals surface area contributed by atoms with Crippen molar-refractivity contribution in [3.05, 3.63) is 59.5 Å². The maximum atomic E-state index is 6.37. The van der Waals surface area contributed by atoms with E-state index in [-0.39, 0.29) is 0 Å². The minimum atomic E-state index is 0.675. The maximum absolute atomic E-state index is 6.37. The lowest BCUT2D eigenvalue weighted by Gasteiger charge is -1.93. The number of hydrogen-bond acceptors (Lipinski definition) is 2. The molecule has 6 heteroatoms. The second kappa shape index (κ2) is 5.09. The van der Waals surface area contributed by atoms with Gasteiger partial charge in [0.05, 0.1) is 11.4 Å². The van der Waals surface area contributed by atoms with E-state index in [1.807, 2.05) is 53.1 Å². The van der Waals surface area contributed by atoms with Gasteiger partial charge in [0.25, 0.3) is 0 Å². The Labute approximate surface area is 130 Å². The van der Waals surface area contributed by atoms with Crippen molar-refractivity contribution >= 4 is 40.0 Å². The zero-order valence-corrected chi connectivity index (χ0v) is 12.6. The van der Waals surface area contributed by atoms with Gasteiger partial charge in [-0.1, -0.05) is 29.8 Å². The van der Waals surface area contributed by atoms with Crippen LogP contribution in [0.5, 0.6) is 0 Å². The molecule has 0 atom stereocenters. The van der Waals surface area contributed by atoms with Gasteiger partial charge in [0.2, 0.25) is 0 Å². The van der Waals surface area contributed by atoms with Gasteiger partial charge in [-0.15, -0.1) is 0 Å². The zero-order valence-electron chi connectivity index (χ0n) is 11.0. The second-order valence-electron chi connectivity index (χ2n) is 4.69. The molecule has 1 aromatic carbocycles. The van der Waals surface area contributed by atoms with Gasteiger partial charge in [0.15, 0.2) is 11.0 Å². The minimum absolute atomic E-state index is 0.675. The van der Waals surface area contributed by atoms with Crippen LogP contribution in [0.3, 0.4) is 0 Å². The van der Waals surface area contributed by atoms with Gasteiger partial charge in [0.1, 0.15) is 10.8 Å². The smallest absolute Gasteiger partial charge is 0.290 e. The number of para-hydroxylation sites is 2. The number of hydrogen-bond donors (Lipinski definition) is 1. The van der Waals surface area contributed by atoms with Gasteiger partial charge >= 0.3 is 5.16 Å². The molecule has 3 aromatic heterocycles. The number of rotatable bonds is 3. The van der Waals surface area contributed by atoms with E-state index >= 15 is 0 Å². The average molecular weight is 316 g/mol. The first-order valence-corrected chi connectivity index (χ1v) is 7.92. The van der Waals surface area contributed by atoms with E-state index in [0.717, 1.165) is 27.5 Å². The molecule has 4 rings (SSSR count). The van der Waals surface area contributed by atoms with Crippen molar-refractivity contribution in [3.8, 4) is 0 Å². The SMILES string of the molecule is Clc1c(CSc2[nH]c3ccccc3[nH+]2)nc2ccccn12. The molecule has 4 nitrogen and oxygen atoms in total. The summed E-state index contributed by atoms with van der Waals surface area (Å²) in [6.07, 6.45) is 1.92. The fraction of sp³-hybridized carbons (Fsp3) is 0.0667. The quantitative estimate of drug-likeness (QED) is 0.587. The second-order valence-corrected chi connectivity index (χ2v) is 6.04. The molecule has 2 N–H and O–H groups in total. The lowest BCUT2D eigenvalue weighted by atomic mass is 10.3. The first kappa shape index (κ1) is 12.7. The summed E-state index contributed by atoms with van der Waals surface area (Å²) in [6, 6.07) is 14.0. The molecular weight excluding hydrogens is 304 g/mol. The Kier molecular flexibility index (Phi) is 3.09. The molecule has 0 saturated carbocycles. The van der Waals surface area contributed by atoms with Gasteiger partial charge < -0.3 is 0 Å². The van der Waals surface area contributed by atoms with Crippen molar-refractivity contribution in [2.45, 2.75) is 10.9 Å². The Morgan fingerprint density at radius 2 is 2.05 bits per heavy atom. The zero-order chi connectivity index (χ0) is 14.2. The number of pyridine rings is 1. The molecule has 0 unspecified atom stereocenters. The normalized spacial score (nSPS) is 11.5. The van der Waals surface area contributed by atoms with Crippen LogP contribution < -0.4 is 4.98 Å². The number of aromatic amines is 2. The van der Waals surface area contributed by atoms with Gasteiger partial charge in [-0.25, -0.2) is 15.0 Å². The number of H-pyrrole nitrogens is 2. The summed E-state index contributed by atoms with van der Waals surface area (Å²) in [4.78, 5) is 11.3. The Hall–Kier alpha value is -1.98. The highest BCUT2D eigenvalue weighted by Crippen LogP contribution is 2.25. The van der Waals surface area contributed by atoms with Crippen LogP contribution >= 0.6 is 23.4 Å². The number of nitrogens with one attached hydrogen (secondary N) is 2. The number of imidazole rings is 2. The van der Waals surface area contributed by atoms with Crippen molar-refractivity contribution in [2.75, 3.05) is 0 Å². The highest BCUT2D eigenvalue weighted by molar-refractivity contribution is 7.98. The molecule has 3 heterocycles. The topological polar surface area (TPSA) is 47.2 Å². The van der Waals surface area contributed by atoms with E-state index in [4.69, 9.17) is 11.6 Å². The third kappa shape index (κ3) is 2.28. The molecule has 21 heavy (non-hydrogen) atoms. The van der Waals surface area contributed by atoms with Crippen LogP contribution in [0.25, 0.3) is 16.7 Å². The van der Waals surface area contributed by atoms with E-state index in [2.05, 4.69) is 15.0 Å². The minimum Gasteiger partial charge on any atom is -0.290 e. The molecule has 0 spiro atoms. The molecule has 0 radical (unpaired) electrons. The van der Waals surface area contributed by atoms with Crippen molar-refractivity contribution in [2.24, 2.45) is 0 Å². The molecule has 0 saturated heterocycles. The van der Waals surface area contributed by atoms with Crippen LogP contribution in [0.2, 0.25) is 5.15 Å². The summed E-state index contributed by atoms with van der Waals surface area (Å²) < 4.78 is 1.90. The number of benzene rings is 1. The lowest BCUT2D eigenvalue weighted by Crippen LogP contribution is -2.01. The Morgan fingerprint density at radius 1 is 1.19 bits per heavy atom. The predicted molar refractivity (Wildman–Crippen MR) is 84.6 cm³/mol. The third-order valence-electron chi connectivity index (χ3n) is 3.31. The lowest BCUT2D eigenvalue weighted by molar-refractivity contribution is -0.396. The maximum Gasteiger partial charge on any atom is 0.314 e. The number of aromatic nitrogens is 4. The molecule has 4 aromatic rings. The van der Waals surface area contributed by atoms with Gasteiger partial charge in [-0.2, -0.15) is 0 Å². The molecular formula is C15H12ClN4S+. The van der Waals surface area contributed by atoms with E-state index in [1.165, 1.54) is 0 Å². The summed E-state index contributed by atoms with van der Waals surface area (Å²) in [5, 5.41) is 1.68. The first-order chi connectivity index (χ1) is 10.3. The van der Waals surface area contributed by atoms with Gasteiger partial charge in [-0.3, -0.25) is 4.40 Å². The molecule has 0 fully saturated rings. The molecule has 0 aliphatic heterocycles. The molecule has 0 aliphatic carbocycles. The number of thioether (sulfide) groups is 1. The first-order valence-electron chi connectivity index (χ1n) is 6.55. The number of nitrogens with zero attached hydrogens (tertiary/aromatic N) is 2. The largest absolute Gasteiger partial charge is 0.314 e. The van der Waals surface area contributed by atoms with Crippen molar-refractivity contribution in [3.63, 3.8) is 0 Å². The Morgan fingerprint density at radius 3 is 2.90 bits per heavy atom. The number of fused-ring (bicyclic) bond motifs is 2. The fourth-order valence-electron chi connectivity index (χ4n) is 2.30. The van der Waals surface area contributed by atoms with Crippen LogP contribution in [0.1, 0.15) is 5.69 Å². The van der Waals surface area contributed by atoms with E-state index in [9.17, 15) is 0 Å². The molecule has 0 amide bonds. The van der Waals surface area contributed by atoms with Crippen molar-refractivity contribution in [1.29, 1.82) is 0 Å². The van der Waals surface area contributed by atoms with Crippen molar-refractivity contribution in [1.82, 2.24) is 14.4 Å². The molecule has 104 valence electrons. The predicted octanol–water partition coefficient (Wildman–Crippen LogP) is 3.58. The highest BCUT2D eigenvalue weighted by atomic mass is 35.5. The van der Waals surface area contributed by atoms with Crippen LogP contribution in [0.15, 0.2) is 53.8 Å². The van der Waals surface area contributed by atoms with Gasteiger partial charge in [-0.05, 0) is 36.0 Å². The van der Waals surface area contributed by atoms with E-state index in [0.29, 0.717) is 10.9 Å². The summed E-state index contributed by atoms with van der Waals surface area (Å²) in [7, 11) is 0. The summed E-state index contributed by atoms with van der Waals surface area (Å²) in [5.74, 6) is 0.712. The third-order valence-corrected chi connectivity index (χ3v) is 4.63. The highest BCUT2D eigenvalue weighted by Gasteiger charge is 2.14. The Bertz CT molecular complexity index is 895. The van der Waals surface area contributed by atoms with Crippen LogP contribution in [-0.4, -0.2) is 14.4 Å². The van der Waals surface area contributed by atoms with Crippen LogP contribution in [-0.2, 0) is 5.75 Å². The summed E-state index contributed by atoms with van der Waals surface area (Å²) in [5.41, 5.74) is 3.96. The summed E-state index contributed by atoms with van der Waals surface area (Å²) in [6.45, 7) is 0. The van der Waals surface area contributed by atoms with E-state index < -0.39 is 0 Å². The number of halogens is 1. The summed E-state index contributed by atoms with van der Waals surface area (Å²) >= 11 is 8.03. The van der Waals surface area contributed by atoms with Crippen molar-refractivity contribution < 1.29 is 4.98 Å². The fourth-order valence-corrected chi connectivity index (χ4v) is 3.47. The molecule has 0 bridgehead atoms. The average Bonchev–Trinajstić information content (AvgIpc) is 3.07. The van der Waals surface area contributed by atoms with E-state index in [1.54, 1.807) is 11.8 Å². The monoisotopic (exact) mass is 315 g/mol. The van der Waals surface area contributed by atoms with Crippen LogP contribution in [0, 0.1) is 0 Å². The standard InChI is InChI=1S/C15H11ClN4S/c16-14-12(17-13-7-3-4-8-20(13)14)9-21-15-18-10-5-1-2-6-11(10)19-15/h1-8H,9H2,(H,18,19)/p+1. The molecule has 0 aliphatic rings. The van der Waals surface area contributed by atoms with Crippen LogP contribution in [0.4, 0.5) is 0 Å². The van der Waals surface area contributed by atoms with Gasteiger partial charge in [0, 0.05) is 6.20 Å². The Balaban J connectivity index is 1.61.